The topological polar surface area (TPSA) is 41.1 Å². The molecule has 0 aliphatic carbocycles. The molecular formula is C16H19F3N4. The SMILES string of the molecule is Cc1ccc([C@@H](CNc2nccc(C(F)(F)F)n2)N(C)C)cc1. The van der Waals surface area contributed by atoms with Crippen molar-refractivity contribution in [2.45, 2.75) is 19.1 Å². The summed E-state index contributed by atoms with van der Waals surface area (Å²) >= 11 is 0. The molecule has 0 aliphatic rings. The van der Waals surface area contributed by atoms with Crippen molar-refractivity contribution < 1.29 is 13.2 Å². The van der Waals surface area contributed by atoms with E-state index in [-0.39, 0.29) is 12.0 Å². The van der Waals surface area contributed by atoms with E-state index in [0.717, 1.165) is 23.4 Å². The molecule has 1 atom stereocenters. The Morgan fingerprint density at radius 1 is 1.13 bits per heavy atom. The molecule has 1 N–H and O–H groups in total. The van der Waals surface area contributed by atoms with Crippen molar-refractivity contribution in [1.82, 2.24) is 14.9 Å². The van der Waals surface area contributed by atoms with E-state index in [4.69, 9.17) is 0 Å². The summed E-state index contributed by atoms with van der Waals surface area (Å²) in [7, 11) is 3.83. The molecule has 0 radical (unpaired) electrons. The largest absolute Gasteiger partial charge is 0.433 e. The van der Waals surface area contributed by atoms with Crippen LogP contribution in [0.15, 0.2) is 36.5 Å². The number of halogens is 3. The number of benzene rings is 1. The minimum Gasteiger partial charge on any atom is -0.352 e. The maximum absolute atomic E-state index is 12.7. The summed E-state index contributed by atoms with van der Waals surface area (Å²) in [6.45, 7) is 2.40. The number of aryl methyl sites for hydroxylation is 1. The van der Waals surface area contributed by atoms with Crippen LogP contribution in [0.5, 0.6) is 0 Å². The molecule has 0 saturated carbocycles. The summed E-state index contributed by atoms with van der Waals surface area (Å²) in [5, 5.41) is 2.89. The maximum atomic E-state index is 12.7. The fourth-order valence-electron chi connectivity index (χ4n) is 2.18. The van der Waals surface area contributed by atoms with E-state index in [1.165, 1.54) is 0 Å². The van der Waals surface area contributed by atoms with Gasteiger partial charge in [0.05, 0.1) is 6.04 Å². The second-order valence-corrected chi connectivity index (χ2v) is 5.53. The normalized spacial score (nSPS) is 13.2. The van der Waals surface area contributed by atoms with Gasteiger partial charge in [0, 0.05) is 12.7 Å². The van der Waals surface area contributed by atoms with Crippen LogP contribution in [-0.4, -0.2) is 35.5 Å². The second kappa shape index (κ2) is 6.95. The number of hydrogen-bond acceptors (Lipinski definition) is 4. The van der Waals surface area contributed by atoms with Crippen molar-refractivity contribution in [3.8, 4) is 0 Å². The Labute approximate surface area is 133 Å². The second-order valence-electron chi connectivity index (χ2n) is 5.53. The van der Waals surface area contributed by atoms with Crippen LogP contribution in [-0.2, 0) is 6.18 Å². The highest BCUT2D eigenvalue weighted by Gasteiger charge is 2.32. The van der Waals surface area contributed by atoms with E-state index in [1.807, 2.05) is 50.2 Å². The van der Waals surface area contributed by atoms with Gasteiger partial charge in [0.25, 0.3) is 0 Å². The molecule has 2 aromatic rings. The van der Waals surface area contributed by atoms with Crippen LogP contribution in [0.2, 0.25) is 0 Å². The predicted molar refractivity (Wildman–Crippen MR) is 83.1 cm³/mol. The first kappa shape index (κ1) is 17.2. The van der Waals surface area contributed by atoms with Crippen molar-refractivity contribution in [1.29, 1.82) is 0 Å². The highest BCUT2D eigenvalue weighted by Crippen LogP contribution is 2.27. The number of alkyl halides is 3. The van der Waals surface area contributed by atoms with Gasteiger partial charge >= 0.3 is 6.18 Å². The van der Waals surface area contributed by atoms with Gasteiger partial charge < -0.3 is 10.2 Å². The number of nitrogens with one attached hydrogen (secondary N) is 1. The van der Waals surface area contributed by atoms with Gasteiger partial charge in [-0.2, -0.15) is 13.2 Å². The highest BCUT2D eigenvalue weighted by molar-refractivity contribution is 5.29. The summed E-state index contributed by atoms with van der Waals surface area (Å²) in [6, 6.07) is 8.88. The van der Waals surface area contributed by atoms with Crippen molar-refractivity contribution in [3.63, 3.8) is 0 Å². The minimum absolute atomic E-state index is 0.00579. The summed E-state index contributed by atoms with van der Waals surface area (Å²) in [6.07, 6.45) is -3.37. The van der Waals surface area contributed by atoms with Gasteiger partial charge in [0.2, 0.25) is 5.95 Å². The van der Waals surface area contributed by atoms with Gasteiger partial charge in [-0.15, -0.1) is 0 Å². The average Bonchev–Trinajstić information content (AvgIpc) is 2.48. The standard InChI is InChI=1S/C16H19F3N4/c1-11-4-6-12(7-5-11)13(23(2)3)10-21-15-20-9-8-14(22-15)16(17,18)19/h4-9,13H,10H2,1-3H3,(H,20,21,22)/t13-/m1/s1. The first-order valence-electron chi connectivity index (χ1n) is 7.14. The maximum Gasteiger partial charge on any atom is 0.433 e. The molecule has 4 nitrogen and oxygen atoms in total. The van der Waals surface area contributed by atoms with Gasteiger partial charge in [0.1, 0.15) is 5.69 Å². The zero-order chi connectivity index (χ0) is 17.0. The molecule has 7 heteroatoms. The molecule has 124 valence electrons. The quantitative estimate of drug-likeness (QED) is 0.914. The third-order valence-corrected chi connectivity index (χ3v) is 3.49. The molecule has 2 rings (SSSR count). The molecule has 23 heavy (non-hydrogen) atoms. The zero-order valence-electron chi connectivity index (χ0n) is 13.2. The number of aromatic nitrogens is 2. The average molecular weight is 324 g/mol. The zero-order valence-corrected chi connectivity index (χ0v) is 13.2. The first-order chi connectivity index (χ1) is 10.8. The molecule has 0 saturated heterocycles. The molecule has 0 spiro atoms. The highest BCUT2D eigenvalue weighted by atomic mass is 19.4. The number of nitrogens with zero attached hydrogens (tertiary/aromatic N) is 3. The molecular weight excluding hydrogens is 305 g/mol. The van der Waals surface area contributed by atoms with Crippen LogP contribution in [0.25, 0.3) is 0 Å². The lowest BCUT2D eigenvalue weighted by atomic mass is 10.0. The Bertz CT molecular complexity index is 639. The van der Waals surface area contributed by atoms with Crippen LogP contribution < -0.4 is 5.32 Å². The van der Waals surface area contributed by atoms with Crippen molar-refractivity contribution in [2.75, 3.05) is 26.0 Å². The molecule has 0 bridgehead atoms. The van der Waals surface area contributed by atoms with E-state index in [1.54, 1.807) is 0 Å². The summed E-state index contributed by atoms with van der Waals surface area (Å²) in [5.74, 6) is -0.0289. The number of hydrogen-bond donors (Lipinski definition) is 1. The summed E-state index contributed by atoms with van der Waals surface area (Å²) < 4.78 is 38.0. The van der Waals surface area contributed by atoms with Crippen LogP contribution in [0, 0.1) is 6.92 Å². The lowest BCUT2D eigenvalue weighted by Gasteiger charge is -2.25. The van der Waals surface area contributed by atoms with E-state index in [2.05, 4.69) is 15.3 Å². The van der Waals surface area contributed by atoms with E-state index in [0.29, 0.717) is 6.54 Å². The Hall–Kier alpha value is -2.15. The third kappa shape index (κ3) is 4.66. The molecule has 0 aliphatic heterocycles. The van der Waals surface area contributed by atoms with E-state index in [9.17, 15) is 13.2 Å². The predicted octanol–water partition coefficient (Wildman–Crippen LogP) is 3.52. The van der Waals surface area contributed by atoms with Crippen molar-refractivity contribution >= 4 is 5.95 Å². The molecule has 0 amide bonds. The number of likely N-dealkylation sites (N-methyl/N-ethyl adjacent to an activating group) is 1. The monoisotopic (exact) mass is 324 g/mol. The van der Waals surface area contributed by atoms with Crippen LogP contribution >= 0.6 is 0 Å². The summed E-state index contributed by atoms with van der Waals surface area (Å²) in [4.78, 5) is 9.36. The van der Waals surface area contributed by atoms with E-state index < -0.39 is 11.9 Å². The fraction of sp³-hybridized carbons (Fsp3) is 0.375. The van der Waals surface area contributed by atoms with Gasteiger partial charge in [-0.3, -0.25) is 0 Å². The Morgan fingerprint density at radius 3 is 2.35 bits per heavy atom. The number of rotatable bonds is 5. The minimum atomic E-state index is -4.47. The lowest BCUT2D eigenvalue weighted by molar-refractivity contribution is -0.141. The third-order valence-electron chi connectivity index (χ3n) is 3.49. The molecule has 1 aromatic heterocycles. The Kier molecular flexibility index (Phi) is 5.20. The lowest BCUT2D eigenvalue weighted by Crippen LogP contribution is -2.27. The van der Waals surface area contributed by atoms with E-state index >= 15 is 0 Å². The van der Waals surface area contributed by atoms with Gasteiger partial charge in [0.15, 0.2) is 0 Å². The molecule has 0 unspecified atom stereocenters. The number of anilines is 1. The van der Waals surface area contributed by atoms with Crippen LogP contribution in [0.4, 0.5) is 19.1 Å². The van der Waals surface area contributed by atoms with Crippen molar-refractivity contribution in [2.24, 2.45) is 0 Å². The first-order valence-corrected chi connectivity index (χ1v) is 7.14. The van der Waals surface area contributed by atoms with Crippen molar-refractivity contribution in [3.05, 3.63) is 53.3 Å². The Morgan fingerprint density at radius 2 is 1.78 bits per heavy atom. The van der Waals surface area contributed by atoms with Gasteiger partial charge in [-0.25, -0.2) is 9.97 Å². The van der Waals surface area contributed by atoms with Gasteiger partial charge in [-0.1, -0.05) is 29.8 Å². The fourth-order valence-corrected chi connectivity index (χ4v) is 2.18. The molecule has 1 aromatic carbocycles. The smallest absolute Gasteiger partial charge is 0.352 e. The Balaban J connectivity index is 2.12. The molecule has 1 heterocycles. The molecule has 0 fully saturated rings. The summed E-state index contributed by atoms with van der Waals surface area (Å²) in [5.41, 5.74) is 1.27. The van der Waals surface area contributed by atoms with Crippen LogP contribution in [0.3, 0.4) is 0 Å². The van der Waals surface area contributed by atoms with Crippen LogP contribution in [0.1, 0.15) is 22.9 Å². The van der Waals surface area contributed by atoms with Gasteiger partial charge in [-0.05, 0) is 32.6 Å².